The van der Waals surface area contributed by atoms with E-state index >= 15 is 0 Å². The van der Waals surface area contributed by atoms with Gasteiger partial charge < -0.3 is 14.8 Å². The van der Waals surface area contributed by atoms with Gasteiger partial charge in [-0.25, -0.2) is 0 Å². The minimum Gasteiger partial charge on any atom is -0.494 e. The Bertz CT molecular complexity index is 315. The molecule has 0 fully saturated rings. The van der Waals surface area contributed by atoms with Gasteiger partial charge in [-0.2, -0.15) is 0 Å². The molecule has 0 amide bonds. The van der Waals surface area contributed by atoms with Crippen LogP contribution in [0.2, 0.25) is 0 Å². The largest absolute Gasteiger partial charge is 0.494 e. The lowest BCUT2D eigenvalue weighted by molar-refractivity contribution is 0.184. The van der Waals surface area contributed by atoms with Crippen LogP contribution in [0, 0.1) is 0 Å². The molecule has 3 nitrogen and oxygen atoms in total. The number of benzene rings is 1. The number of ether oxygens (including phenoxy) is 2. The lowest BCUT2D eigenvalue weighted by Crippen LogP contribution is -2.13. The maximum Gasteiger partial charge on any atom is 0.119 e. The molecule has 0 aliphatic rings. The highest BCUT2D eigenvalue weighted by Crippen LogP contribution is 2.13. The highest BCUT2D eigenvalue weighted by atomic mass is 16.5. The molecule has 0 saturated heterocycles. The predicted molar refractivity (Wildman–Crippen MR) is 75.0 cm³/mol. The molecule has 0 bridgehead atoms. The molecule has 0 aliphatic heterocycles. The van der Waals surface area contributed by atoms with Crippen molar-refractivity contribution >= 4 is 0 Å². The monoisotopic (exact) mass is 251 g/mol. The minimum absolute atomic E-state index is 0.759. The van der Waals surface area contributed by atoms with Gasteiger partial charge in [0.1, 0.15) is 5.75 Å². The van der Waals surface area contributed by atoms with Gasteiger partial charge in [-0.1, -0.05) is 19.1 Å². The predicted octanol–water partition coefficient (Wildman–Crippen LogP) is 2.99. The van der Waals surface area contributed by atoms with Crippen molar-refractivity contribution in [1.29, 1.82) is 0 Å². The Kier molecular flexibility index (Phi) is 8.26. The molecule has 1 aromatic rings. The Morgan fingerprint density at radius 1 is 1.17 bits per heavy atom. The van der Waals surface area contributed by atoms with E-state index in [1.165, 1.54) is 5.56 Å². The van der Waals surface area contributed by atoms with Gasteiger partial charge in [0.2, 0.25) is 0 Å². The average molecular weight is 251 g/mol. The minimum atomic E-state index is 0.759. The summed E-state index contributed by atoms with van der Waals surface area (Å²) in [5, 5.41) is 3.39. The summed E-state index contributed by atoms with van der Waals surface area (Å²) in [5.41, 5.74) is 1.28. The molecule has 1 rings (SSSR count). The fourth-order valence-electron chi connectivity index (χ4n) is 1.69. The molecule has 0 unspecified atom stereocenters. The van der Waals surface area contributed by atoms with E-state index in [1.807, 2.05) is 12.1 Å². The fourth-order valence-corrected chi connectivity index (χ4v) is 1.69. The van der Waals surface area contributed by atoms with E-state index in [4.69, 9.17) is 9.47 Å². The summed E-state index contributed by atoms with van der Waals surface area (Å²) >= 11 is 0. The van der Waals surface area contributed by atoms with E-state index in [0.717, 1.165) is 51.3 Å². The van der Waals surface area contributed by atoms with E-state index in [9.17, 15) is 0 Å². The van der Waals surface area contributed by atoms with Crippen molar-refractivity contribution in [3.63, 3.8) is 0 Å². The Labute approximate surface area is 110 Å². The molecular weight excluding hydrogens is 226 g/mol. The van der Waals surface area contributed by atoms with Crippen molar-refractivity contribution in [2.45, 2.75) is 32.7 Å². The molecule has 0 saturated carbocycles. The van der Waals surface area contributed by atoms with Crippen LogP contribution in [-0.4, -0.2) is 26.9 Å². The molecular formula is C15H25NO2. The maximum absolute atomic E-state index is 5.72. The summed E-state index contributed by atoms with van der Waals surface area (Å²) in [4.78, 5) is 0. The smallest absolute Gasteiger partial charge is 0.119 e. The Hall–Kier alpha value is -1.06. The van der Waals surface area contributed by atoms with E-state index in [0.29, 0.717) is 0 Å². The van der Waals surface area contributed by atoms with Crippen LogP contribution in [0.3, 0.4) is 0 Å². The zero-order chi connectivity index (χ0) is 13.1. The van der Waals surface area contributed by atoms with Gasteiger partial charge in [-0.3, -0.25) is 0 Å². The van der Waals surface area contributed by atoms with Crippen molar-refractivity contribution < 1.29 is 9.47 Å². The first-order valence-corrected chi connectivity index (χ1v) is 6.78. The Balaban J connectivity index is 2.26. The van der Waals surface area contributed by atoms with E-state index in [1.54, 1.807) is 7.11 Å². The van der Waals surface area contributed by atoms with Crippen LogP contribution in [-0.2, 0) is 11.3 Å². The molecule has 0 aromatic heterocycles. The summed E-state index contributed by atoms with van der Waals surface area (Å²) in [7, 11) is 1.73. The summed E-state index contributed by atoms with van der Waals surface area (Å²) in [6.45, 7) is 5.71. The van der Waals surface area contributed by atoms with E-state index in [-0.39, 0.29) is 0 Å². The first-order valence-electron chi connectivity index (χ1n) is 6.78. The topological polar surface area (TPSA) is 30.5 Å². The Morgan fingerprint density at radius 3 is 2.78 bits per heavy atom. The van der Waals surface area contributed by atoms with Gasteiger partial charge in [0.05, 0.1) is 6.61 Å². The third kappa shape index (κ3) is 6.62. The summed E-state index contributed by atoms with van der Waals surface area (Å²) < 4.78 is 10.7. The summed E-state index contributed by atoms with van der Waals surface area (Å²) in [5.74, 6) is 0.961. The van der Waals surface area contributed by atoms with Gasteiger partial charge in [0.15, 0.2) is 0 Å². The lowest BCUT2D eigenvalue weighted by Gasteiger charge is -2.08. The van der Waals surface area contributed by atoms with Crippen LogP contribution >= 0.6 is 0 Å². The quantitative estimate of drug-likeness (QED) is 0.648. The van der Waals surface area contributed by atoms with Crippen LogP contribution in [0.1, 0.15) is 31.7 Å². The SMILES string of the molecule is CCCNCc1cccc(OCCCCOC)c1. The van der Waals surface area contributed by atoms with Crippen LogP contribution in [0.4, 0.5) is 0 Å². The highest BCUT2D eigenvalue weighted by Gasteiger charge is 1.97. The molecule has 0 heterocycles. The maximum atomic E-state index is 5.72. The van der Waals surface area contributed by atoms with Crippen LogP contribution in [0.25, 0.3) is 0 Å². The number of hydrogen-bond donors (Lipinski definition) is 1. The Morgan fingerprint density at radius 2 is 2.00 bits per heavy atom. The first kappa shape index (κ1) is 15.0. The second-order valence-corrected chi connectivity index (χ2v) is 4.37. The summed E-state index contributed by atoms with van der Waals surface area (Å²) in [6.07, 6.45) is 3.25. The second-order valence-electron chi connectivity index (χ2n) is 4.37. The van der Waals surface area contributed by atoms with Gasteiger partial charge in [-0.15, -0.1) is 0 Å². The number of rotatable bonds is 10. The van der Waals surface area contributed by atoms with Gasteiger partial charge >= 0.3 is 0 Å². The van der Waals surface area contributed by atoms with Gasteiger partial charge in [0, 0.05) is 20.3 Å². The van der Waals surface area contributed by atoms with Crippen molar-refractivity contribution in [2.24, 2.45) is 0 Å². The molecule has 0 atom stereocenters. The van der Waals surface area contributed by atoms with E-state index in [2.05, 4.69) is 24.4 Å². The third-order valence-electron chi connectivity index (χ3n) is 2.67. The zero-order valence-electron chi connectivity index (χ0n) is 11.6. The molecule has 1 aromatic carbocycles. The van der Waals surface area contributed by atoms with Crippen LogP contribution in [0.5, 0.6) is 5.75 Å². The van der Waals surface area contributed by atoms with E-state index < -0.39 is 0 Å². The first-order chi connectivity index (χ1) is 8.86. The number of methoxy groups -OCH3 is 1. The van der Waals surface area contributed by atoms with Crippen molar-refractivity contribution in [3.8, 4) is 5.75 Å². The molecule has 0 spiro atoms. The second kappa shape index (κ2) is 9.92. The van der Waals surface area contributed by atoms with Crippen molar-refractivity contribution in [2.75, 3.05) is 26.9 Å². The fraction of sp³-hybridized carbons (Fsp3) is 0.600. The molecule has 0 aliphatic carbocycles. The molecule has 1 N–H and O–H groups in total. The average Bonchev–Trinajstić information content (AvgIpc) is 2.39. The van der Waals surface area contributed by atoms with Crippen molar-refractivity contribution in [1.82, 2.24) is 5.32 Å². The van der Waals surface area contributed by atoms with Gasteiger partial charge in [0.25, 0.3) is 0 Å². The standard InChI is InChI=1S/C15H25NO2/c1-3-9-16-13-14-7-6-8-15(12-14)18-11-5-4-10-17-2/h6-8,12,16H,3-5,9-11,13H2,1-2H3. The van der Waals surface area contributed by atoms with Gasteiger partial charge in [-0.05, 0) is 43.5 Å². The number of nitrogens with one attached hydrogen (secondary N) is 1. The molecule has 102 valence electrons. The highest BCUT2D eigenvalue weighted by molar-refractivity contribution is 5.28. The third-order valence-corrected chi connectivity index (χ3v) is 2.67. The number of hydrogen-bond acceptors (Lipinski definition) is 3. The van der Waals surface area contributed by atoms with Crippen molar-refractivity contribution in [3.05, 3.63) is 29.8 Å². The molecule has 0 radical (unpaired) electrons. The zero-order valence-corrected chi connectivity index (χ0v) is 11.6. The lowest BCUT2D eigenvalue weighted by atomic mass is 10.2. The molecule has 3 heteroatoms. The normalized spacial score (nSPS) is 10.6. The van der Waals surface area contributed by atoms with Crippen LogP contribution in [0.15, 0.2) is 24.3 Å². The molecule has 18 heavy (non-hydrogen) atoms. The van der Waals surface area contributed by atoms with Crippen LogP contribution < -0.4 is 10.1 Å². The number of unbranched alkanes of at least 4 members (excludes halogenated alkanes) is 1. The summed E-state index contributed by atoms with van der Waals surface area (Å²) in [6, 6.07) is 8.30.